The molecule has 0 unspecified atom stereocenters. The molecule has 0 N–H and O–H groups in total. The zero-order chi connectivity index (χ0) is 38.5. The normalized spacial score (nSPS) is 11.4. The minimum atomic E-state index is 0.604. The van der Waals surface area contributed by atoms with E-state index in [0.717, 1.165) is 72.9 Å². The molecule has 10 rings (SSSR count). The van der Waals surface area contributed by atoms with Gasteiger partial charge in [0, 0.05) is 39.2 Å². The van der Waals surface area contributed by atoms with Crippen molar-refractivity contribution < 1.29 is 0 Å². The zero-order valence-corrected chi connectivity index (χ0v) is 31.8. The highest BCUT2D eigenvalue weighted by atomic mass is 15.1. The van der Waals surface area contributed by atoms with Crippen LogP contribution in [-0.2, 0) is 0 Å². The van der Waals surface area contributed by atoms with Gasteiger partial charge in [-0.2, -0.15) is 0 Å². The van der Waals surface area contributed by atoms with Gasteiger partial charge in [-0.3, -0.25) is 9.13 Å². The van der Waals surface area contributed by atoms with Crippen LogP contribution in [0.15, 0.2) is 170 Å². The molecule has 0 atom stereocenters. The third-order valence-corrected chi connectivity index (χ3v) is 10.8. The molecule has 0 radical (unpaired) electrons. The van der Waals surface area contributed by atoms with Gasteiger partial charge in [-0.15, -0.1) is 0 Å². The van der Waals surface area contributed by atoms with Crippen LogP contribution in [0.5, 0.6) is 0 Å². The van der Waals surface area contributed by atoms with Crippen molar-refractivity contribution in [1.82, 2.24) is 34.1 Å². The molecule has 57 heavy (non-hydrogen) atoms. The summed E-state index contributed by atoms with van der Waals surface area (Å²) in [5, 5.41) is 0. The fourth-order valence-corrected chi connectivity index (χ4v) is 7.58. The molecule has 7 aromatic carbocycles. The molecule has 0 aliphatic rings. The number of nitrogens with zero attached hydrogens (tertiary/aromatic N) is 7. The molecule has 272 valence electrons. The molecule has 7 heteroatoms. The van der Waals surface area contributed by atoms with Crippen LogP contribution >= 0.6 is 0 Å². The van der Waals surface area contributed by atoms with Crippen molar-refractivity contribution in [2.75, 3.05) is 0 Å². The van der Waals surface area contributed by atoms with E-state index in [1.807, 2.05) is 48.5 Å². The van der Waals surface area contributed by atoms with Crippen LogP contribution in [0.25, 0.3) is 90.4 Å². The van der Waals surface area contributed by atoms with Gasteiger partial charge >= 0.3 is 0 Å². The second-order valence-corrected chi connectivity index (χ2v) is 14.4. The summed E-state index contributed by atoms with van der Waals surface area (Å²) in [5.41, 5.74) is 14.5. The average Bonchev–Trinajstić information content (AvgIpc) is 3.86. The third kappa shape index (κ3) is 6.15. The monoisotopic (exact) mass is 735 g/mol. The lowest BCUT2D eigenvalue weighted by Crippen LogP contribution is -2.02. The van der Waals surface area contributed by atoms with Crippen LogP contribution in [0.3, 0.4) is 0 Å². The number of para-hydroxylation sites is 4. The van der Waals surface area contributed by atoms with Crippen molar-refractivity contribution in [3.8, 4) is 68.3 Å². The summed E-state index contributed by atoms with van der Waals surface area (Å²) in [5.74, 6) is 3.62. The van der Waals surface area contributed by atoms with Crippen molar-refractivity contribution in [2.45, 2.75) is 20.8 Å². The number of benzene rings is 7. The van der Waals surface area contributed by atoms with E-state index in [4.69, 9.17) is 24.9 Å². The van der Waals surface area contributed by atoms with Crippen LogP contribution in [-0.4, -0.2) is 34.1 Å². The van der Waals surface area contributed by atoms with Crippen LogP contribution in [0.1, 0.15) is 16.7 Å². The van der Waals surface area contributed by atoms with Gasteiger partial charge in [-0.25, -0.2) is 24.9 Å². The quantitative estimate of drug-likeness (QED) is 0.163. The first-order chi connectivity index (χ1) is 28.0. The van der Waals surface area contributed by atoms with E-state index in [9.17, 15) is 0 Å². The van der Waals surface area contributed by atoms with Crippen molar-refractivity contribution in [1.29, 1.82) is 0 Å². The Morgan fingerprint density at radius 2 is 0.702 bits per heavy atom. The lowest BCUT2D eigenvalue weighted by Gasteiger charge is -2.13. The molecule has 0 saturated heterocycles. The van der Waals surface area contributed by atoms with E-state index >= 15 is 0 Å². The Bertz CT molecular complexity index is 2870. The molecule has 0 amide bonds. The Kier molecular flexibility index (Phi) is 8.33. The Balaban J connectivity index is 1.08. The minimum Gasteiger partial charge on any atom is -0.292 e. The summed E-state index contributed by atoms with van der Waals surface area (Å²) >= 11 is 0. The topological polar surface area (TPSA) is 74.3 Å². The van der Waals surface area contributed by atoms with Crippen LogP contribution in [0.4, 0.5) is 0 Å². The average molecular weight is 736 g/mol. The first kappa shape index (κ1) is 34.0. The molecular weight excluding hydrogens is 699 g/mol. The Morgan fingerprint density at radius 3 is 1.12 bits per heavy atom. The second kappa shape index (κ2) is 14.0. The molecule has 0 aliphatic carbocycles. The highest BCUT2D eigenvalue weighted by molar-refractivity contribution is 5.85. The highest BCUT2D eigenvalue weighted by Crippen LogP contribution is 2.33. The molecule has 3 heterocycles. The fourth-order valence-electron chi connectivity index (χ4n) is 7.58. The van der Waals surface area contributed by atoms with Crippen molar-refractivity contribution >= 4 is 22.1 Å². The SMILES string of the molecule is Cc1cc(-c2nc(-c3ccc(-n4c(-c5ccccc5)nc5ccccc54)cc3)nc(-c3ccc(-n4c(-c5ccccc5)nc5ccccc54)cc3)n2)cc(C)c1C. The molecule has 0 aliphatic heterocycles. The summed E-state index contributed by atoms with van der Waals surface area (Å²) in [4.78, 5) is 25.4. The maximum atomic E-state index is 5.12. The standard InChI is InChI=1S/C50H37N7/c1-32-30-39(31-33(2)34(32)3)48-54-46(35-22-26-40(27-23-35)56-44-20-12-10-18-42(44)51-49(56)37-14-6-4-7-15-37)53-47(55-48)36-24-28-41(29-25-36)57-45-21-13-11-19-43(45)52-50(57)38-16-8-5-9-17-38/h4-31H,1-3H3. The molecule has 3 aromatic heterocycles. The first-order valence-corrected chi connectivity index (χ1v) is 19.1. The number of fused-ring (bicyclic) bond motifs is 2. The highest BCUT2D eigenvalue weighted by Gasteiger charge is 2.18. The van der Waals surface area contributed by atoms with Gasteiger partial charge in [0.05, 0.1) is 22.1 Å². The molecule has 7 nitrogen and oxygen atoms in total. The van der Waals surface area contributed by atoms with E-state index in [2.05, 4.69) is 151 Å². The van der Waals surface area contributed by atoms with Gasteiger partial charge in [-0.1, -0.05) is 84.9 Å². The third-order valence-electron chi connectivity index (χ3n) is 10.8. The molecular formula is C50H37N7. The minimum absolute atomic E-state index is 0.604. The number of imidazole rings is 2. The van der Waals surface area contributed by atoms with E-state index < -0.39 is 0 Å². The van der Waals surface area contributed by atoms with Crippen molar-refractivity contribution in [2.24, 2.45) is 0 Å². The van der Waals surface area contributed by atoms with E-state index in [0.29, 0.717) is 17.5 Å². The zero-order valence-electron chi connectivity index (χ0n) is 31.8. The van der Waals surface area contributed by atoms with E-state index in [1.54, 1.807) is 0 Å². The number of hydrogen-bond donors (Lipinski definition) is 0. The number of aryl methyl sites for hydroxylation is 2. The van der Waals surface area contributed by atoms with Gasteiger partial charge in [0.1, 0.15) is 11.6 Å². The molecule has 0 fully saturated rings. The number of aromatic nitrogens is 7. The van der Waals surface area contributed by atoms with Gasteiger partial charge in [0.2, 0.25) is 0 Å². The van der Waals surface area contributed by atoms with Gasteiger partial charge in [0.25, 0.3) is 0 Å². The lowest BCUT2D eigenvalue weighted by atomic mass is 10.00. The first-order valence-electron chi connectivity index (χ1n) is 19.1. The van der Waals surface area contributed by atoms with Crippen LogP contribution in [0, 0.1) is 20.8 Å². The van der Waals surface area contributed by atoms with Crippen LogP contribution < -0.4 is 0 Å². The van der Waals surface area contributed by atoms with E-state index in [-0.39, 0.29) is 0 Å². The Hall–Kier alpha value is -7.51. The molecule has 0 bridgehead atoms. The van der Waals surface area contributed by atoms with Gasteiger partial charge < -0.3 is 0 Å². The van der Waals surface area contributed by atoms with E-state index in [1.165, 1.54) is 16.7 Å². The lowest BCUT2D eigenvalue weighted by molar-refractivity contribution is 1.06. The summed E-state index contributed by atoms with van der Waals surface area (Å²) in [6, 6.07) is 58.3. The van der Waals surface area contributed by atoms with Gasteiger partial charge in [0.15, 0.2) is 17.5 Å². The Morgan fingerprint density at radius 1 is 0.333 bits per heavy atom. The second-order valence-electron chi connectivity index (χ2n) is 14.4. The summed E-state index contributed by atoms with van der Waals surface area (Å²) in [7, 11) is 0. The fraction of sp³-hybridized carbons (Fsp3) is 0.0600. The molecule has 0 spiro atoms. The summed E-state index contributed by atoms with van der Waals surface area (Å²) in [6.07, 6.45) is 0. The van der Waals surface area contributed by atoms with Crippen molar-refractivity contribution in [3.63, 3.8) is 0 Å². The number of hydrogen-bond acceptors (Lipinski definition) is 5. The maximum absolute atomic E-state index is 5.12. The largest absolute Gasteiger partial charge is 0.292 e. The van der Waals surface area contributed by atoms with Gasteiger partial charge in [-0.05, 0) is 122 Å². The smallest absolute Gasteiger partial charge is 0.164 e. The van der Waals surface area contributed by atoms with Crippen molar-refractivity contribution in [3.05, 3.63) is 187 Å². The van der Waals surface area contributed by atoms with Crippen LogP contribution in [0.2, 0.25) is 0 Å². The number of rotatable bonds is 7. The molecule has 0 saturated carbocycles. The predicted octanol–water partition coefficient (Wildman–Crippen LogP) is 11.8. The Labute approximate surface area is 330 Å². The summed E-state index contributed by atoms with van der Waals surface area (Å²) < 4.78 is 4.43. The predicted molar refractivity (Wildman–Crippen MR) is 230 cm³/mol. The summed E-state index contributed by atoms with van der Waals surface area (Å²) in [6.45, 7) is 6.43. The maximum Gasteiger partial charge on any atom is 0.164 e. The molecule has 10 aromatic rings.